The first-order valence-corrected chi connectivity index (χ1v) is 9.31. The first-order chi connectivity index (χ1) is 13.0. The van der Waals surface area contributed by atoms with E-state index < -0.39 is 0 Å². The molecule has 3 rings (SSSR count). The van der Waals surface area contributed by atoms with Gasteiger partial charge in [0.2, 0.25) is 5.91 Å². The van der Waals surface area contributed by atoms with Gasteiger partial charge in [0.25, 0.3) is 0 Å². The molecular weight excluding hydrogens is 342 g/mol. The molecule has 2 aromatic rings. The Balaban J connectivity index is 1.71. The van der Waals surface area contributed by atoms with Gasteiger partial charge in [-0.05, 0) is 44.0 Å². The van der Waals surface area contributed by atoms with E-state index in [4.69, 9.17) is 14.7 Å². The Morgan fingerprint density at radius 1 is 1.37 bits per heavy atom. The molecule has 1 saturated heterocycles. The van der Waals surface area contributed by atoms with Gasteiger partial charge in [-0.15, -0.1) is 0 Å². The third-order valence-electron chi connectivity index (χ3n) is 4.85. The van der Waals surface area contributed by atoms with Crippen LogP contribution in [0.25, 0.3) is 10.9 Å². The second-order valence-corrected chi connectivity index (χ2v) is 7.34. The number of nitrogens with zero attached hydrogens (tertiary/aromatic N) is 3. The summed E-state index contributed by atoms with van der Waals surface area (Å²) < 4.78 is 11.9. The van der Waals surface area contributed by atoms with Crippen LogP contribution in [-0.4, -0.2) is 41.6 Å². The number of likely N-dealkylation sites (tertiary alicyclic amines) is 1. The quantitative estimate of drug-likeness (QED) is 0.782. The second-order valence-electron chi connectivity index (χ2n) is 7.34. The standard InChI is InChI=1S/C21H25N3O3/c1-14(2)27-17-4-5-19-18(10-17)20(7-9-23-19)26-13-16-12-24(11-15(16)3)21(25)6-8-22/h4-5,7,9-10,14-16H,6,11-13H2,1-3H3/t15-,16+/m0/s1. The van der Waals surface area contributed by atoms with E-state index in [-0.39, 0.29) is 24.3 Å². The maximum absolute atomic E-state index is 12.0. The average Bonchev–Trinajstić information content (AvgIpc) is 3.00. The van der Waals surface area contributed by atoms with E-state index in [9.17, 15) is 4.79 Å². The molecule has 1 aliphatic rings. The highest BCUT2D eigenvalue weighted by atomic mass is 16.5. The fourth-order valence-electron chi connectivity index (χ4n) is 3.40. The van der Waals surface area contributed by atoms with Gasteiger partial charge in [-0.3, -0.25) is 9.78 Å². The third kappa shape index (κ3) is 4.48. The van der Waals surface area contributed by atoms with E-state index in [1.54, 1.807) is 11.1 Å². The van der Waals surface area contributed by atoms with Crippen molar-refractivity contribution in [1.82, 2.24) is 9.88 Å². The lowest BCUT2D eigenvalue weighted by molar-refractivity contribution is -0.129. The third-order valence-corrected chi connectivity index (χ3v) is 4.85. The number of amides is 1. The molecule has 0 N–H and O–H groups in total. The van der Waals surface area contributed by atoms with Crippen LogP contribution in [-0.2, 0) is 4.79 Å². The molecular formula is C21H25N3O3. The van der Waals surface area contributed by atoms with E-state index >= 15 is 0 Å². The minimum atomic E-state index is -0.100. The summed E-state index contributed by atoms with van der Waals surface area (Å²) >= 11 is 0. The Kier molecular flexibility index (Phi) is 5.80. The van der Waals surface area contributed by atoms with Gasteiger partial charge >= 0.3 is 0 Å². The summed E-state index contributed by atoms with van der Waals surface area (Å²) in [5, 5.41) is 9.64. The smallest absolute Gasteiger partial charge is 0.236 e. The zero-order valence-electron chi connectivity index (χ0n) is 16.0. The number of fused-ring (bicyclic) bond motifs is 1. The van der Waals surface area contributed by atoms with Crippen LogP contribution in [0, 0.1) is 23.2 Å². The minimum Gasteiger partial charge on any atom is -0.492 e. The fourth-order valence-corrected chi connectivity index (χ4v) is 3.40. The van der Waals surface area contributed by atoms with Crippen LogP contribution in [0.1, 0.15) is 27.2 Å². The summed E-state index contributed by atoms with van der Waals surface area (Å²) in [4.78, 5) is 18.1. The van der Waals surface area contributed by atoms with Crippen molar-refractivity contribution >= 4 is 16.8 Å². The van der Waals surface area contributed by atoms with Crippen molar-refractivity contribution < 1.29 is 14.3 Å². The second kappa shape index (κ2) is 8.26. The molecule has 1 aromatic carbocycles. The monoisotopic (exact) mass is 367 g/mol. The molecule has 1 amide bonds. The molecule has 1 aromatic heterocycles. The number of aromatic nitrogens is 1. The molecule has 2 heterocycles. The molecule has 6 heteroatoms. The molecule has 1 fully saturated rings. The van der Waals surface area contributed by atoms with Gasteiger partial charge in [-0.25, -0.2) is 0 Å². The van der Waals surface area contributed by atoms with Gasteiger partial charge in [-0.2, -0.15) is 5.26 Å². The molecule has 0 bridgehead atoms. The first kappa shape index (κ1) is 19.0. The fraction of sp³-hybridized carbons (Fsp3) is 0.476. The summed E-state index contributed by atoms with van der Waals surface area (Å²) in [6.07, 6.45) is 1.77. The number of ether oxygens (including phenoxy) is 2. The van der Waals surface area contributed by atoms with Gasteiger partial charge in [0.05, 0.1) is 24.3 Å². The van der Waals surface area contributed by atoms with E-state index in [2.05, 4.69) is 11.9 Å². The number of carbonyl (C=O) groups is 1. The molecule has 6 nitrogen and oxygen atoms in total. The molecule has 0 unspecified atom stereocenters. The van der Waals surface area contributed by atoms with Gasteiger partial charge in [-0.1, -0.05) is 6.92 Å². The summed E-state index contributed by atoms with van der Waals surface area (Å²) in [5.74, 6) is 2.03. The lowest BCUT2D eigenvalue weighted by Gasteiger charge is -2.17. The van der Waals surface area contributed by atoms with Crippen LogP contribution in [0.15, 0.2) is 30.5 Å². The van der Waals surface area contributed by atoms with Crippen LogP contribution in [0.4, 0.5) is 0 Å². The highest BCUT2D eigenvalue weighted by molar-refractivity contribution is 5.86. The van der Waals surface area contributed by atoms with Crippen LogP contribution in [0.5, 0.6) is 11.5 Å². The Morgan fingerprint density at radius 3 is 2.93 bits per heavy atom. The summed E-state index contributed by atoms with van der Waals surface area (Å²) in [5.41, 5.74) is 0.855. The zero-order chi connectivity index (χ0) is 19.4. The molecule has 0 aliphatic carbocycles. The molecule has 0 radical (unpaired) electrons. The minimum absolute atomic E-state index is 0.0616. The van der Waals surface area contributed by atoms with Crippen molar-refractivity contribution in [2.45, 2.75) is 33.3 Å². The number of hydrogen-bond donors (Lipinski definition) is 0. The Bertz CT molecular complexity index is 859. The predicted octanol–water partition coefficient (Wildman–Crippen LogP) is 3.41. The highest BCUT2D eigenvalue weighted by Crippen LogP contribution is 2.30. The molecule has 27 heavy (non-hydrogen) atoms. The van der Waals surface area contributed by atoms with E-state index in [1.807, 2.05) is 44.2 Å². The maximum Gasteiger partial charge on any atom is 0.236 e. The lowest BCUT2D eigenvalue weighted by Crippen LogP contribution is -2.29. The number of nitriles is 1. The summed E-state index contributed by atoms with van der Waals surface area (Å²) in [6, 6.07) is 9.59. The highest BCUT2D eigenvalue weighted by Gasteiger charge is 2.32. The molecule has 142 valence electrons. The Morgan fingerprint density at radius 2 is 2.19 bits per heavy atom. The van der Waals surface area contributed by atoms with Crippen molar-refractivity contribution in [2.75, 3.05) is 19.7 Å². The largest absolute Gasteiger partial charge is 0.492 e. The van der Waals surface area contributed by atoms with Crippen LogP contribution in [0.3, 0.4) is 0 Å². The molecule has 2 atom stereocenters. The average molecular weight is 367 g/mol. The Labute approximate surface area is 159 Å². The van der Waals surface area contributed by atoms with Crippen LogP contribution in [0.2, 0.25) is 0 Å². The topological polar surface area (TPSA) is 75.5 Å². The van der Waals surface area contributed by atoms with Crippen molar-refractivity contribution in [3.05, 3.63) is 30.5 Å². The van der Waals surface area contributed by atoms with Gasteiger partial charge in [0.1, 0.15) is 17.9 Å². The molecule has 0 spiro atoms. The first-order valence-electron chi connectivity index (χ1n) is 9.31. The molecule has 1 aliphatic heterocycles. The van der Waals surface area contributed by atoms with E-state index in [1.165, 1.54) is 0 Å². The van der Waals surface area contributed by atoms with Crippen LogP contribution >= 0.6 is 0 Å². The predicted molar refractivity (Wildman–Crippen MR) is 102 cm³/mol. The summed E-state index contributed by atoms with van der Waals surface area (Å²) in [7, 11) is 0. The summed E-state index contributed by atoms with van der Waals surface area (Å²) in [6.45, 7) is 7.93. The van der Waals surface area contributed by atoms with E-state index in [0.717, 1.165) is 22.4 Å². The van der Waals surface area contributed by atoms with Crippen LogP contribution < -0.4 is 9.47 Å². The SMILES string of the molecule is CC(C)Oc1ccc2nccc(OC[C@H]3CN(C(=O)CC#N)C[C@@H]3C)c2c1. The number of pyridine rings is 1. The number of hydrogen-bond acceptors (Lipinski definition) is 5. The van der Waals surface area contributed by atoms with Gasteiger partial charge in [0.15, 0.2) is 0 Å². The number of benzene rings is 1. The normalized spacial score (nSPS) is 19.3. The van der Waals surface area contributed by atoms with Crippen molar-refractivity contribution in [1.29, 1.82) is 5.26 Å². The van der Waals surface area contributed by atoms with Gasteiger partial charge in [0, 0.05) is 30.6 Å². The van der Waals surface area contributed by atoms with Crippen molar-refractivity contribution in [2.24, 2.45) is 11.8 Å². The number of carbonyl (C=O) groups excluding carboxylic acids is 1. The van der Waals surface area contributed by atoms with Crippen molar-refractivity contribution in [3.8, 4) is 17.6 Å². The zero-order valence-corrected chi connectivity index (χ0v) is 16.0. The lowest BCUT2D eigenvalue weighted by atomic mass is 9.99. The molecule has 0 saturated carbocycles. The Hall–Kier alpha value is -2.81. The maximum atomic E-state index is 12.0. The van der Waals surface area contributed by atoms with Crippen molar-refractivity contribution in [3.63, 3.8) is 0 Å². The number of rotatable bonds is 6. The van der Waals surface area contributed by atoms with Gasteiger partial charge < -0.3 is 14.4 Å². The van der Waals surface area contributed by atoms with E-state index in [0.29, 0.717) is 25.6 Å².